The Morgan fingerprint density at radius 2 is 2.16 bits per heavy atom. The number of nitrogens with zero attached hydrogens (tertiary/aromatic N) is 5. The van der Waals surface area contributed by atoms with Gasteiger partial charge >= 0.3 is 11.7 Å². The molecule has 3 N–H and O–H groups in total. The summed E-state index contributed by atoms with van der Waals surface area (Å²) in [4.78, 5) is 23.3. The SMILES string of the molecule is CCOc1nc(N)nc(Sc2n[nH]c(=O)n2CC)n1. The third-order valence-corrected chi connectivity index (χ3v) is 2.97. The van der Waals surface area contributed by atoms with Crippen LogP contribution in [0.3, 0.4) is 0 Å². The summed E-state index contributed by atoms with van der Waals surface area (Å²) in [6.45, 7) is 4.58. The normalized spacial score (nSPS) is 10.6. The van der Waals surface area contributed by atoms with Crippen LogP contribution in [0.15, 0.2) is 15.1 Å². The van der Waals surface area contributed by atoms with E-state index in [1.54, 1.807) is 0 Å². The number of nitrogens with two attached hydrogens (primary N) is 1. The first-order valence-electron chi connectivity index (χ1n) is 5.61. The van der Waals surface area contributed by atoms with Gasteiger partial charge in [0, 0.05) is 6.54 Å². The van der Waals surface area contributed by atoms with E-state index >= 15 is 0 Å². The fourth-order valence-corrected chi connectivity index (χ4v) is 2.17. The molecule has 102 valence electrons. The summed E-state index contributed by atoms with van der Waals surface area (Å²) >= 11 is 1.11. The van der Waals surface area contributed by atoms with Gasteiger partial charge in [0.2, 0.25) is 11.1 Å². The highest BCUT2D eigenvalue weighted by molar-refractivity contribution is 7.99. The van der Waals surface area contributed by atoms with Crippen LogP contribution in [0.2, 0.25) is 0 Å². The standard InChI is InChI=1S/C9H13N7O2S/c1-3-16-8(17)14-15-9(16)19-7-12-5(10)11-6(13-7)18-4-2/h3-4H2,1-2H3,(H,14,17)(H2,10,11,12,13). The minimum Gasteiger partial charge on any atom is -0.464 e. The van der Waals surface area contributed by atoms with E-state index in [2.05, 4.69) is 25.1 Å². The second-order valence-corrected chi connectivity index (χ2v) is 4.28. The van der Waals surface area contributed by atoms with Crippen molar-refractivity contribution in [3.63, 3.8) is 0 Å². The van der Waals surface area contributed by atoms with Crippen molar-refractivity contribution < 1.29 is 4.74 Å². The smallest absolute Gasteiger partial charge is 0.343 e. The summed E-state index contributed by atoms with van der Waals surface area (Å²) in [7, 11) is 0. The molecule has 10 heteroatoms. The lowest BCUT2D eigenvalue weighted by Gasteiger charge is -2.04. The lowest BCUT2D eigenvalue weighted by atomic mass is 10.7. The quantitative estimate of drug-likeness (QED) is 0.779. The van der Waals surface area contributed by atoms with Crippen molar-refractivity contribution in [3.05, 3.63) is 10.5 Å². The maximum Gasteiger partial charge on any atom is 0.343 e. The maximum atomic E-state index is 11.4. The highest BCUT2D eigenvalue weighted by Gasteiger charge is 2.12. The molecule has 2 aromatic heterocycles. The fourth-order valence-electron chi connectivity index (χ4n) is 1.33. The topological polar surface area (TPSA) is 125 Å². The molecular formula is C9H13N7O2S. The molecular weight excluding hydrogens is 270 g/mol. The zero-order valence-electron chi connectivity index (χ0n) is 10.5. The van der Waals surface area contributed by atoms with E-state index in [0.717, 1.165) is 11.8 Å². The molecule has 0 aromatic carbocycles. The minimum absolute atomic E-state index is 0.0573. The lowest BCUT2D eigenvalue weighted by molar-refractivity contribution is 0.308. The number of anilines is 1. The van der Waals surface area contributed by atoms with Gasteiger partial charge in [-0.25, -0.2) is 9.89 Å². The van der Waals surface area contributed by atoms with Crippen molar-refractivity contribution in [2.24, 2.45) is 0 Å². The van der Waals surface area contributed by atoms with Crippen LogP contribution in [-0.4, -0.2) is 36.3 Å². The van der Waals surface area contributed by atoms with E-state index in [4.69, 9.17) is 10.5 Å². The number of ether oxygens (including phenoxy) is 1. The van der Waals surface area contributed by atoms with Gasteiger partial charge in [-0.3, -0.25) is 4.57 Å². The summed E-state index contributed by atoms with van der Waals surface area (Å²) in [5.41, 5.74) is 5.29. The highest BCUT2D eigenvalue weighted by Crippen LogP contribution is 2.23. The molecule has 0 fully saturated rings. The van der Waals surface area contributed by atoms with Gasteiger partial charge in [0.05, 0.1) is 6.61 Å². The van der Waals surface area contributed by atoms with Gasteiger partial charge in [-0.05, 0) is 25.6 Å². The summed E-state index contributed by atoms with van der Waals surface area (Å²) in [6, 6.07) is 0.151. The molecule has 9 nitrogen and oxygen atoms in total. The number of H-pyrrole nitrogens is 1. The molecule has 0 aliphatic carbocycles. The van der Waals surface area contributed by atoms with E-state index in [0.29, 0.717) is 23.5 Å². The van der Waals surface area contributed by atoms with Crippen LogP contribution in [0.4, 0.5) is 5.95 Å². The molecule has 0 spiro atoms. The number of nitrogens with one attached hydrogen (secondary N) is 1. The molecule has 0 aliphatic rings. The van der Waals surface area contributed by atoms with Crippen molar-refractivity contribution in [3.8, 4) is 6.01 Å². The van der Waals surface area contributed by atoms with E-state index in [-0.39, 0.29) is 17.6 Å². The number of hydrogen-bond donors (Lipinski definition) is 2. The number of aromatic amines is 1. The Morgan fingerprint density at radius 1 is 1.37 bits per heavy atom. The van der Waals surface area contributed by atoms with Crippen molar-refractivity contribution in [1.82, 2.24) is 29.7 Å². The predicted octanol–water partition coefficient (Wildman–Crippen LogP) is -0.0916. The number of rotatable bonds is 5. The summed E-state index contributed by atoms with van der Waals surface area (Å²) in [5.74, 6) is 0.0573. The summed E-state index contributed by atoms with van der Waals surface area (Å²) < 4.78 is 6.64. The molecule has 0 bridgehead atoms. The van der Waals surface area contributed by atoms with Gasteiger partial charge in [-0.15, -0.1) is 5.10 Å². The minimum atomic E-state index is -0.281. The third-order valence-electron chi connectivity index (χ3n) is 2.11. The molecule has 0 radical (unpaired) electrons. The number of nitrogen functional groups attached to an aromatic ring is 1. The van der Waals surface area contributed by atoms with Crippen LogP contribution in [0, 0.1) is 0 Å². The second-order valence-electron chi connectivity index (χ2n) is 3.35. The first-order valence-corrected chi connectivity index (χ1v) is 6.43. The summed E-state index contributed by atoms with van der Waals surface area (Å²) in [5, 5.41) is 7.04. The molecule has 2 aromatic rings. The van der Waals surface area contributed by atoms with E-state index in [1.807, 2.05) is 13.8 Å². The zero-order chi connectivity index (χ0) is 13.8. The van der Waals surface area contributed by atoms with Crippen LogP contribution >= 0.6 is 11.8 Å². The third kappa shape index (κ3) is 3.02. The van der Waals surface area contributed by atoms with Gasteiger partial charge in [0.15, 0.2) is 5.16 Å². The fraction of sp³-hybridized carbons (Fsp3) is 0.444. The van der Waals surface area contributed by atoms with Crippen LogP contribution in [0.25, 0.3) is 0 Å². The molecule has 0 atom stereocenters. The van der Waals surface area contributed by atoms with E-state index in [1.165, 1.54) is 4.57 Å². The van der Waals surface area contributed by atoms with Crippen LogP contribution in [0.5, 0.6) is 6.01 Å². The first-order chi connectivity index (χ1) is 9.13. The Kier molecular flexibility index (Phi) is 4.00. The molecule has 19 heavy (non-hydrogen) atoms. The number of aromatic nitrogens is 6. The predicted molar refractivity (Wildman–Crippen MR) is 68.1 cm³/mol. The van der Waals surface area contributed by atoms with Crippen LogP contribution < -0.4 is 16.2 Å². The van der Waals surface area contributed by atoms with Crippen molar-refractivity contribution in [1.29, 1.82) is 0 Å². The van der Waals surface area contributed by atoms with Gasteiger partial charge < -0.3 is 10.5 Å². The van der Waals surface area contributed by atoms with Crippen LogP contribution in [0.1, 0.15) is 13.8 Å². The van der Waals surface area contributed by atoms with Crippen molar-refractivity contribution in [2.75, 3.05) is 12.3 Å². The monoisotopic (exact) mass is 283 g/mol. The molecule has 0 unspecified atom stereocenters. The van der Waals surface area contributed by atoms with Gasteiger partial charge in [0.1, 0.15) is 0 Å². The first kappa shape index (κ1) is 13.3. The van der Waals surface area contributed by atoms with E-state index in [9.17, 15) is 4.79 Å². The maximum absolute atomic E-state index is 11.4. The van der Waals surface area contributed by atoms with Gasteiger partial charge in [0.25, 0.3) is 0 Å². The largest absolute Gasteiger partial charge is 0.464 e. The Bertz CT molecular complexity index is 623. The van der Waals surface area contributed by atoms with Gasteiger partial charge in [-0.2, -0.15) is 15.0 Å². The van der Waals surface area contributed by atoms with Crippen LogP contribution in [-0.2, 0) is 6.54 Å². The molecule has 2 heterocycles. The number of hydrogen-bond acceptors (Lipinski definition) is 8. The molecule has 0 aliphatic heterocycles. The highest BCUT2D eigenvalue weighted by atomic mass is 32.2. The zero-order valence-corrected chi connectivity index (χ0v) is 11.3. The Morgan fingerprint density at radius 3 is 2.84 bits per heavy atom. The van der Waals surface area contributed by atoms with E-state index < -0.39 is 0 Å². The second kappa shape index (κ2) is 5.69. The Hall–Kier alpha value is -2.10. The molecule has 0 amide bonds. The lowest BCUT2D eigenvalue weighted by Crippen LogP contribution is -2.16. The Balaban J connectivity index is 2.29. The van der Waals surface area contributed by atoms with Crippen molar-refractivity contribution in [2.45, 2.75) is 30.7 Å². The molecule has 0 saturated carbocycles. The molecule has 2 rings (SSSR count). The summed E-state index contributed by atoms with van der Waals surface area (Å²) in [6.07, 6.45) is 0. The van der Waals surface area contributed by atoms with Crippen molar-refractivity contribution >= 4 is 17.7 Å². The van der Waals surface area contributed by atoms with Gasteiger partial charge in [-0.1, -0.05) is 0 Å². The average molecular weight is 283 g/mol. The molecule has 0 saturated heterocycles. The Labute approximate surface area is 112 Å². The average Bonchev–Trinajstić information content (AvgIpc) is 2.69.